The molecule has 3 nitrogen and oxygen atoms in total. The van der Waals surface area contributed by atoms with Crippen molar-refractivity contribution in [1.29, 1.82) is 0 Å². The molecule has 0 fully saturated rings. The van der Waals surface area contributed by atoms with E-state index in [-0.39, 0.29) is 5.92 Å². The van der Waals surface area contributed by atoms with Crippen LogP contribution in [0.4, 0.5) is 0 Å². The Kier molecular flexibility index (Phi) is 2.77. The van der Waals surface area contributed by atoms with Crippen molar-refractivity contribution in [3.8, 4) is 5.75 Å². The summed E-state index contributed by atoms with van der Waals surface area (Å²) >= 11 is 0. The van der Waals surface area contributed by atoms with Gasteiger partial charge >= 0.3 is 0 Å². The second kappa shape index (κ2) is 4.08. The SMILES string of the molecule is COC1=C(OC)C(C)c2cccc(OC)c21. The number of methoxy groups -OCH3 is 3. The van der Waals surface area contributed by atoms with Crippen LogP contribution in [-0.4, -0.2) is 21.3 Å². The molecule has 1 aliphatic rings. The molecule has 0 saturated heterocycles. The second-order valence-corrected chi connectivity index (χ2v) is 3.75. The number of benzene rings is 1. The first-order valence-corrected chi connectivity index (χ1v) is 5.24. The number of hydrogen-bond donors (Lipinski definition) is 0. The number of hydrogen-bond acceptors (Lipinski definition) is 3. The molecule has 1 unspecified atom stereocenters. The van der Waals surface area contributed by atoms with Crippen molar-refractivity contribution in [3.05, 3.63) is 35.1 Å². The van der Waals surface area contributed by atoms with Crippen molar-refractivity contribution in [2.24, 2.45) is 0 Å². The van der Waals surface area contributed by atoms with Crippen LogP contribution in [0.25, 0.3) is 5.76 Å². The third-order valence-corrected chi connectivity index (χ3v) is 3.01. The van der Waals surface area contributed by atoms with Gasteiger partial charge in [0.2, 0.25) is 0 Å². The normalized spacial score (nSPS) is 18.4. The van der Waals surface area contributed by atoms with Gasteiger partial charge in [-0.3, -0.25) is 0 Å². The number of fused-ring (bicyclic) bond motifs is 1. The molecule has 0 N–H and O–H groups in total. The van der Waals surface area contributed by atoms with Crippen molar-refractivity contribution in [2.75, 3.05) is 21.3 Å². The standard InChI is InChI=1S/C13H16O3/c1-8-9-6-5-7-10(14-2)11(9)13(16-4)12(8)15-3/h5-8H,1-4H3. The lowest BCUT2D eigenvalue weighted by atomic mass is 10.0. The van der Waals surface area contributed by atoms with Crippen LogP contribution in [0.15, 0.2) is 24.0 Å². The predicted octanol–water partition coefficient (Wildman–Crippen LogP) is 2.77. The van der Waals surface area contributed by atoms with E-state index in [0.29, 0.717) is 0 Å². The Hall–Kier alpha value is -1.64. The number of allylic oxidation sites excluding steroid dienone is 1. The maximum atomic E-state index is 5.43. The first-order valence-electron chi connectivity index (χ1n) is 5.24. The maximum Gasteiger partial charge on any atom is 0.168 e. The summed E-state index contributed by atoms with van der Waals surface area (Å²) in [6.07, 6.45) is 0. The summed E-state index contributed by atoms with van der Waals surface area (Å²) in [6, 6.07) is 6.00. The van der Waals surface area contributed by atoms with Gasteiger partial charge in [-0.1, -0.05) is 19.1 Å². The highest BCUT2D eigenvalue weighted by atomic mass is 16.5. The van der Waals surface area contributed by atoms with Gasteiger partial charge in [0.25, 0.3) is 0 Å². The smallest absolute Gasteiger partial charge is 0.168 e. The zero-order chi connectivity index (χ0) is 11.7. The molecule has 1 aromatic carbocycles. The summed E-state index contributed by atoms with van der Waals surface area (Å²) < 4.78 is 16.2. The fourth-order valence-corrected chi connectivity index (χ4v) is 2.26. The fourth-order valence-electron chi connectivity index (χ4n) is 2.26. The average Bonchev–Trinajstić information content (AvgIpc) is 2.61. The zero-order valence-electron chi connectivity index (χ0n) is 10.0. The summed E-state index contributed by atoms with van der Waals surface area (Å²) in [5.74, 6) is 2.68. The summed E-state index contributed by atoms with van der Waals surface area (Å²) in [6.45, 7) is 2.10. The molecule has 0 radical (unpaired) electrons. The molecule has 1 aliphatic carbocycles. The fraction of sp³-hybridized carbons (Fsp3) is 0.385. The molecule has 16 heavy (non-hydrogen) atoms. The van der Waals surface area contributed by atoms with Crippen LogP contribution in [0.2, 0.25) is 0 Å². The molecule has 3 heteroatoms. The third-order valence-electron chi connectivity index (χ3n) is 3.01. The lowest BCUT2D eigenvalue weighted by Crippen LogP contribution is -1.95. The van der Waals surface area contributed by atoms with Crippen molar-refractivity contribution in [3.63, 3.8) is 0 Å². The lowest BCUT2D eigenvalue weighted by molar-refractivity contribution is 0.252. The van der Waals surface area contributed by atoms with Crippen molar-refractivity contribution in [2.45, 2.75) is 12.8 Å². The molecular weight excluding hydrogens is 204 g/mol. The lowest BCUT2D eigenvalue weighted by Gasteiger charge is -2.09. The predicted molar refractivity (Wildman–Crippen MR) is 62.3 cm³/mol. The second-order valence-electron chi connectivity index (χ2n) is 3.75. The van der Waals surface area contributed by atoms with Gasteiger partial charge in [0.05, 0.1) is 26.9 Å². The van der Waals surface area contributed by atoms with E-state index in [9.17, 15) is 0 Å². The molecule has 0 bridgehead atoms. The molecule has 0 saturated carbocycles. The molecule has 1 atom stereocenters. The molecule has 2 rings (SSSR count). The highest BCUT2D eigenvalue weighted by Crippen LogP contribution is 2.46. The minimum Gasteiger partial charge on any atom is -0.497 e. The molecule has 0 amide bonds. The van der Waals surface area contributed by atoms with E-state index in [1.54, 1.807) is 21.3 Å². The Labute approximate surface area is 95.6 Å². The van der Waals surface area contributed by atoms with Crippen LogP contribution in [-0.2, 0) is 9.47 Å². The van der Waals surface area contributed by atoms with Gasteiger partial charge < -0.3 is 14.2 Å². The minimum atomic E-state index is 0.213. The van der Waals surface area contributed by atoms with Gasteiger partial charge in [0.1, 0.15) is 11.5 Å². The topological polar surface area (TPSA) is 27.7 Å². The summed E-state index contributed by atoms with van der Waals surface area (Å²) in [7, 11) is 4.99. The Morgan fingerprint density at radius 3 is 2.31 bits per heavy atom. The van der Waals surface area contributed by atoms with Gasteiger partial charge in [-0.05, 0) is 11.6 Å². The Morgan fingerprint density at radius 1 is 1.00 bits per heavy atom. The van der Waals surface area contributed by atoms with Crippen LogP contribution in [0.5, 0.6) is 5.75 Å². The van der Waals surface area contributed by atoms with Gasteiger partial charge in [0.15, 0.2) is 5.76 Å². The largest absolute Gasteiger partial charge is 0.497 e. The van der Waals surface area contributed by atoms with Crippen molar-refractivity contribution >= 4 is 5.76 Å². The molecule has 0 heterocycles. The average molecular weight is 220 g/mol. The van der Waals surface area contributed by atoms with E-state index < -0.39 is 0 Å². The first-order chi connectivity index (χ1) is 7.74. The van der Waals surface area contributed by atoms with Crippen LogP contribution in [0.1, 0.15) is 24.0 Å². The maximum absolute atomic E-state index is 5.43. The molecule has 0 aromatic heterocycles. The minimum absolute atomic E-state index is 0.213. The van der Waals surface area contributed by atoms with E-state index in [0.717, 1.165) is 22.8 Å². The molecule has 0 spiro atoms. The summed E-state index contributed by atoms with van der Waals surface area (Å²) in [4.78, 5) is 0. The van der Waals surface area contributed by atoms with Gasteiger partial charge in [-0.2, -0.15) is 0 Å². The first kappa shape index (κ1) is 10.9. The van der Waals surface area contributed by atoms with E-state index in [4.69, 9.17) is 14.2 Å². The highest BCUT2D eigenvalue weighted by Gasteiger charge is 2.32. The molecule has 86 valence electrons. The van der Waals surface area contributed by atoms with Crippen LogP contribution in [0.3, 0.4) is 0 Å². The van der Waals surface area contributed by atoms with E-state index >= 15 is 0 Å². The molecule has 1 aromatic rings. The van der Waals surface area contributed by atoms with Crippen LogP contribution >= 0.6 is 0 Å². The molecular formula is C13H16O3. The summed E-state index contributed by atoms with van der Waals surface area (Å²) in [5, 5.41) is 0. The summed E-state index contributed by atoms with van der Waals surface area (Å²) in [5.41, 5.74) is 2.20. The number of rotatable bonds is 3. The van der Waals surface area contributed by atoms with E-state index in [2.05, 4.69) is 13.0 Å². The molecule has 0 aliphatic heterocycles. The van der Waals surface area contributed by atoms with Gasteiger partial charge in [-0.15, -0.1) is 0 Å². The van der Waals surface area contributed by atoms with Gasteiger partial charge in [0, 0.05) is 5.92 Å². The monoisotopic (exact) mass is 220 g/mol. The van der Waals surface area contributed by atoms with Crippen molar-refractivity contribution < 1.29 is 14.2 Å². The van der Waals surface area contributed by atoms with Crippen LogP contribution < -0.4 is 4.74 Å². The zero-order valence-corrected chi connectivity index (χ0v) is 10.0. The third kappa shape index (κ3) is 1.35. The Bertz CT molecular complexity index is 435. The quantitative estimate of drug-likeness (QED) is 0.784. The Balaban J connectivity index is 2.64. The van der Waals surface area contributed by atoms with Gasteiger partial charge in [-0.25, -0.2) is 0 Å². The van der Waals surface area contributed by atoms with E-state index in [1.165, 1.54) is 5.56 Å². The van der Waals surface area contributed by atoms with E-state index in [1.807, 2.05) is 12.1 Å². The highest BCUT2D eigenvalue weighted by molar-refractivity contribution is 5.77. The number of ether oxygens (including phenoxy) is 3. The van der Waals surface area contributed by atoms with Crippen molar-refractivity contribution in [1.82, 2.24) is 0 Å². The Morgan fingerprint density at radius 2 is 1.75 bits per heavy atom. The van der Waals surface area contributed by atoms with Crippen LogP contribution in [0, 0.1) is 0 Å².